The maximum atomic E-state index is 14.2. The lowest BCUT2D eigenvalue weighted by Gasteiger charge is -2.27. The lowest BCUT2D eigenvalue weighted by molar-refractivity contribution is -0.141. The lowest BCUT2D eigenvalue weighted by atomic mass is 10.0. The highest BCUT2D eigenvalue weighted by Crippen LogP contribution is 2.24. The predicted molar refractivity (Wildman–Crippen MR) is 253 cm³/mol. The number of Topliss-reactive ketones (excluding diaryl/α,β-unsaturated/α-hetero) is 1. The summed E-state index contributed by atoms with van der Waals surface area (Å²) in [5, 5.41) is 43.4. The Morgan fingerprint density at radius 3 is 1.90 bits per heavy atom. The van der Waals surface area contributed by atoms with E-state index in [9.17, 15) is 53.1 Å². The van der Waals surface area contributed by atoms with Gasteiger partial charge in [-0.1, -0.05) is 58.8 Å². The van der Waals surface area contributed by atoms with Gasteiger partial charge in [-0.25, -0.2) is 0 Å². The van der Waals surface area contributed by atoms with E-state index in [0.717, 1.165) is 39.9 Å². The number of benzene rings is 1. The SMILES string of the molecule is CCNCCCC[C@@H]1NC(=O)CSC[C@@H](C(C)=O)NC(=O)[C@H](Cc2ccccc2)NC(=O)[C@@H]2CSSC[C@H](NC1=O)C(=O)N[C@@H](CCCNC(=N)N)C(=O)NCC(=O)N[C@@H](CC(=O)O)C(=O)N2. The normalized spacial score (nSPS) is 24.6. The molecule has 0 unspecified atom stereocenters. The number of nitrogens with one attached hydrogen (secondary N) is 11. The molecule has 0 radical (unpaired) electrons. The first-order chi connectivity index (χ1) is 32.0. The molecule has 2 fully saturated rings. The summed E-state index contributed by atoms with van der Waals surface area (Å²) in [5.74, 6) is -9.68. The number of ketones is 1. The summed E-state index contributed by atoms with van der Waals surface area (Å²) in [7, 11) is 1.97. The minimum atomic E-state index is -1.74. The molecule has 0 spiro atoms. The second kappa shape index (κ2) is 29.9. The van der Waals surface area contributed by atoms with Gasteiger partial charge in [0, 0.05) is 30.2 Å². The standard InChI is InChI=1S/C41H62N12O11S3/c1-3-44-14-8-7-12-26-36(60)52-30-20-66-67-21-31(40(64)50-27(16-24-10-5-4-6-11-24)37(61)51-29(23(2)54)19-65-22-33(56)47-26)53-38(62)28(17-34(57)58)48-32(55)18-46-35(59)25(49-39(30)63)13-9-15-45-41(42)43/h4-6,10-11,25-31,44H,3,7-9,12-22H2,1-2H3,(H,46,59)(H,47,56)(H,48,55)(H,49,63)(H,50,64)(H,51,61)(H,52,60)(H,53,62)(H,57,58)(H4,42,43,45)/t25-,26-,27-,28-,29-,30-,31-/m0/s1. The molecule has 3 rings (SSSR count). The number of thioether (sulfide) groups is 1. The number of hydrogen-bond donors (Lipinski definition) is 13. The zero-order valence-corrected chi connectivity index (χ0v) is 39.8. The molecule has 370 valence electrons. The Kier molecular flexibility index (Phi) is 24.9. The van der Waals surface area contributed by atoms with Gasteiger partial charge in [-0.15, -0.1) is 11.8 Å². The van der Waals surface area contributed by atoms with Crippen LogP contribution in [0, 0.1) is 5.41 Å². The van der Waals surface area contributed by atoms with Crippen molar-refractivity contribution in [3.05, 3.63) is 35.9 Å². The number of carboxylic acid groups (broad SMARTS) is 1. The molecule has 0 saturated carbocycles. The minimum absolute atomic E-state index is 0.0429. The molecule has 8 amide bonds. The number of fused-ring (bicyclic) bond motifs is 5. The quantitative estimate of drug-likeness (QED) is 0.0360. The average molecular weight is 995 g/mol. The smallest absolute Gasteiger partial charge is 0.305 e. The number of amides is 8. The molecule has 67 heavy (non-hydrogen) atoms. The maximum Gasteiger partial charge on any atom is 0.305 e. The summed E-state index contributed by atoms with van der Waals surface area (Å²) >= 11 is 1.01. The number of carbonyl (C=O) groups excluding carboxylic acids is 9. The molecule has 1 aromatic rings. The van der Waals surface area contributed by atoms with Gasteiger partial charge in [0.15, 0.2) is 11.7 Å². The molecular weight excluding hydrogens is 933 g/mol. The Balaban J connectivity index is 2.12. The molecule has 14 N–H and O–H groups in total. The van der Waals surface area contributed by atoms with Gasteiger partial charge in [0.1, 0.15) is 36.3 Å². The van der Waals surface area contributed by atoms with Crippen LogP contribution in [0.3, 0.4) is 0 Å². The monoisotopic (exact) mass is 994 g/mol. The van der Waals surface area contributed by atoms with Gasteiger partial charge in [0.25, 0.3) is 0 Å². The summed E-state index contributed by atoms with van der Waals surface area (Å²) in [6, 6.07) is -0.869. The number of carbonyl (C=O) groups is 10. The molecule has 0 aromatic heterocycles. The first-order valence-electron chi connectivity index (χ1n) is 21.7. The van der Waals surface area contributed by atoms with Gasteiger partial charge < -0.3 is 64.0 Å². The maximum absolute atomic E-state index is 14.2. The average Bonchev–Trinajstić information content (AvgIpc) is 3.27. The van der Waals surface area contributed by atoms with Crippen LogP contribution in [0.25, 0.3) is 0 Å². The molecule has 2 aliphatic rings. The highest BCUT2D eigenvalue weighted by atomic mass is 33.1. The summed E-state index contributed by atoms with van der Waals surface area (Å²) in [6.07, 6.45) is 0.481. The van der Waals surface area contributed by atoms with Gasteiger partial charge in [-0.3, -0.25) is 53.4 Å². The van der Waals surface area contributed by atoms with E-state index in [1.807, 2.05) is 6.92 Å². The van der Waals surface area contributed by atoms with E-state index in [1.54, 1.807) is 30.3 Å². The molecule has 2 bridgehead atoms. The first-order valence-corrected chi connectivity index (χ1v) is 25.4. The summed E-state index contributed by atoms with van der Waals surface area (Å²) in [5.41, 5.74) is 6.02. The van der Waals surface area contributed by atoms with Crippen molar-refractivity contribution < 1.29 is 53.1 Å². The summed E-state index contributed by atoms with van der Waals surface area (Å²) in [6.45, 7) is 3.92. The van der Waals surface area contributed by atoms with Crippen molar-refractivity contribution in [3.8, 4) is 0 Å². The predicted octanol–water partition coefficient (Wildman–Crippen LogP) is -3.01. The van der Waals surface area contributed by atoms with Crippen LogP contribution in [0.15, 0.2) is 30.3 Å². The van der Waals surface area contributed by atoms with Gasteiger partial charge in [-0.2, -0.15) is 0 Å². The molecule has 7 atom stereocenters. The van der Waals surface area contributed by atoms with Crippen molar-refractivity contribution in [3.63, 3.8) is 0 Å². The molecule has 26 heteroatoms. The van der Waals surface area contributed by atoms with Crippen LogP contribution in [0.2, 0.25) is 0 Å². The second-order valence-corrected chi connectivity index (χ2v) is 19.2. The number of nitrogens with two attached hydrogens (primary N) is 1. The highest BCUT2D eigenvalue weighted by molar-refractivity contribution is 8.76. The zero-order valence-electron chi connectivity index (χ0n) is 37.4. The molecule has 23 nitrogen and oxygen atoms in total. The van der Waals surface area contributed by atoms with E-state index in [2.05, 4.69) is 53.2 Å². The van der Waals surface area contributed by atoms with Crippen molar-refractivity contribution in [1.82, 2.24) is 53.2 Å². The Hall–Kier alpha value is -5.60. The van der Waals surface area contributed by atoms with Gasteiger partial charge in [-0.05, 0) is 57.7 Å². The largest absolute Gasteiger partial charge is 0.481 e. The molecular formula is C41H62N12O11S3. The number of guanidine groups is 1. The molecule has 2 heterocycles. The summed E-state index contributed by atoms with van der Waals surface area (Å²) in [4.78, 5) is 135. The van der Waals surface area contributed by atoms with Crippen molar-refractivity contribution in [2.24, 2.45) is 5.73 Å². The Labute approximate surface area is 400 Å². The van der Waals surface area contributed by atoms with Crippen molar-refractivity contribution >= 4 is 98.3 Å². The van der Waals surface area contributed by atoms with E-state index in [1.165, 1.54) is 6.92 Å². The molecule has 2 aliphatic heterocycles. The Morgan fingerprint density at radius 1 is 0.701 bits per heavy atom. The van der Waals surface area contributed by atoms with Crippen LogP contribution in [-0.4, -0.2) is 162 Å². The number of hydrogen-bond acceptors (Lipinski definition) is 15. The Morgan fingerprint density at radius 2 is 1.28 bits per heavy atom. The van der Waals surface area contributed by atoms with Crippen molar-refractivity contribution in [2.75, 3.05) is 49.2 Å². The van der Waals surface area contributed by atoms with E-state index < -0.39 is 114 Å². The van der Waals surface area contributed by atoms with Crippen molar-refractivity contribution in [2.45, 2.75) is 101 Å². The van der Waals surface area contributed by atoms with E-state index >= 15 is 0 Å². The fraction of sp³-hybridized carbons (Fsp3) is 0.585. The van der Waals surface area contributed by atoms with E-state index in [0.29, 0.717) is 24.9 Å². The fourth-order valence-corrected chi connectivity index (χ4v) is 9.82. The third-order valence-electron chi connectivity index (χ3n) is 10.1. The minimum Gasteiger partial charge on any atom is -0.481 e. The zero-order chi connectivity index (χ0) is 49.3. The van der Waals surface area contributed by atoms with Crippen LogP contribution < -0.4 is 58.9 Å². The number of aliphatic carboxylic acids is 1. The fourth-order valence-electron chi connectivity index (χ4n) is 6.55. The second-order valence-electron chi connectivity index (χ2n) is 15.6. The van der Waals surface area contributed by atoms with E-state index in [-0.39, 0.29) is 61.2 Å². The highest BCUT2D eigenvalue weighted by Gasteiger charge is 2.34. The topological polar surface area (TPSA) is 361 Å². The van der Waals surface area contributed by atoms with Crippen LogP contribution in [0.1, 0.15) is 57.9 Å². The molecule has 2 saturated heterocycles. The van der Waals surface area contributed by atoms with Gasteiger partial charge in [0.05, 0.1) is 24.8 Å². The summed E-state index contributed by atoms with van der Waals surface area (Å²) < 4.78 is 0. The molecule has 0 aliphatic carbocycles. The van der Waals surface area contributed by atoms with Gasteiger partial charge >= 0.3 is 5.97 Å². The molecule has 1 aromatic carbocycles. The third kappa shape index (κ3) is 21.3. The van der Waals surface area contributed by atoms with E-state index in [4.69, 9.17) is 11.1 Å². The lowest BCUT2D eigenvalue weighted by Crippen LogP contribution is -2.59. The van der Waals surface area contributed by atoms with Crippen LogP contribution in [-0.2, 0) is 54.4 Å². The van der Waals surface area contributed by atoms with Gasteiger partial charge in [0.2, 0.25) is 47.3 Å². The number of carboxylic acids is 1. The van der Waals surface area contributed by atoms with Crippen LogP contribution >= 0.6 is 33.3 Å². The first kappa shape index (κ1) is 55.7. The number of rotatable bonds is 15. The van der Waals surface area contributed by atoms with Crippen LogP contribution in [0.4, 0.5) is 0 Å². The van der Waals surface area contributed by atoms with Crippen LogP contribution in [0.5, 0.6) is 0 Å². The Bertz CT molecular complexity index is 1920. The number of unbranched alkanes of at least 4 members (excludes halogenated alkanes) is 1. The van der Waals surface area contributed by atoms with Crippen molar-refractivity contribution in [1.29, 1.82) is 5.41 Å². The third-order valence-corrected chi connectivity index (χ3v) is 13.6.